The van der Waals surface area contributed by atoms with Crippen LogP contribution < -0.4 is 10.6 Å². The summed E-state index contributed by atoms with van der Waals surface area (Å²) >= 11 is 0. The smallest absolute Gasteiger partial charge is 0.297 e. The molecular formula is C32H27N7O9S2. The Kier molecular flexibility index (Phi) is 9.14. The van der Waals surface area contributed by atoms with Crippen LogP contribution in [-0.4, -0.2) is 51.3 Å². The van der Waals surface area contributed by atoms with Crippen LogP contribution in [0.2, 0.25) is 0 Å². The fourth-order valence-electron chi connectivity index (χ4n) is 5.35. The van der Waals surface area contributed by atoms with Gasteiger partial charge >= 0.3 is 0 Å². The molecule has 0 aliphatic carbocycles. The largest absolute Gasteiger partial charge is 0.505 e. The zero-order chi connectivity index (χ0) is 35.8. The van der Waals surface area contributed by atoms with Crippen LogP contribution in [0.1, 0.15) is 17.0 Å². The number of aromatic nitrogens is 3. The quantitative estimate of drug-likeness (QED) is 0.0366. The van der Waals surface area contributed by atoms with E-state index >= 15 is 0 Å². The molecule has 0 amide bonds. The van der Waals surface area contributed by atoms with E-state index in [1.807, 2.05) is 0 Å². The summed E-state index contributed by atoms with van der Waals surface area (Å²) in [5.74, 6) is -0.248. The van der Waals surface area contributed by atoms with E-state index in [0.29, 0.717) is 22.2 Å². The Morgan fingerprint density at radius 3 is 2.14 bits per heavy atom. The lowest BCUT2D eigenvalue weighted by molar-refractivity contribution is -0.252. The van der Waals surface area contributed by atoms with Crippen LogP contribution in [0.4, 0.5) is 34.6 Å². The van der Waals surface area contributed by atoms with Gasteiger partial charge in [0, 0.05) is 22.0 Å². The van der Waals surface area contributed by atoms with E-state index in [1.54, 1.807) is 62.4 Å². The number of hydrogen-bond donors (Lipinski definition) is 6. The molecule has 6 aromatic rings. The molecule has 1 heterocycles. The fourth-order valence-corrected chi connectivity index (χ4v) is 6.73. The summed E-state index contributed by atoms with van der Waals surface area (Å²) in [6.45, 7) is 3.02. The van der Waals surface area contributed by atoms with E-state index in [0.717, 1.165) is 12.1 Å². The Labute approximate surface area is 284 Å². The average Bonchev–Trinajstić information content (AvgIpc) is 3.04. The van der Waals surface area contributed by atoms with Crippen molar-refractivity contribution >= 4 is 76.4 Å². The van der Waals surface area contributed by atoms with Gasteiger partial charge in [0.1, 0.15) is 28.7 Å². The van der Waals surface area contributed by atoms with Crippen LogP contribution in [-0.2, 0) is 31.7 Å². The Morgan fingerprint density at radius 1 is 0.760 bits per heavy atom. The van der Waals surface area contributed by atoms with Gasteiger partial charge in [-0.25, -0.2) is 4.89 Å². The lowest BCUT2D eigenvalue weighted by atomic mass is 10.0. The van der Waals surface area contributed by atoms with Crippen LogP contribution >= 0.6 is 0 Å². The standard InChI is InChI=1S/C32H27N7O9S2/c1-17-13-21-14-22(49(42,43)44)15-26(36-32-34-18(2)33-31(37-32)35-24-10-6-4-8-20(24)16-48-41)27(21)29(40)28(17)39-38-25-12-11-19-7-3-5-9-23(19)30(25)50(45,46)47/h3-15,40-41H,16H2,1-2H3,(H,42,43,44)(H,45,46,47)(H2,33,34,35,36,37). The zero-order valence-corrected chi connectivity index (χ0v) is 27.7. The summed E-state index contributed by atoms with van der Waals surface area (Å²) in [5.41, 5.74) is 1.05. The maximum Gasteiger partial charge on any atom is 0.297 e. The van der Waals surface area contributed by atoms with Crippen molar-refractivity contribution < 1.29 is 41.2 Å². The van der Waals surface area contributed by atoms with E-state index < -0.39 is 35.8 Å². The Morgan fingerprint density at radius 2 is 1.44 bits per heavy atom. The van der Waals surface area contributed by atoms with E-state index in [9.17, 15) is 31.0 Å². The molecule has 50 heavy (non-hydrogen) atoms. The Balaban J connectivity index is 1.47. The van der Waals surface area contributed by atoms with E-state index in [2.05, 4.69) is 40.7 Å². The highest BCUT2D eigenvalue weighted by molar-refractivity contribution is 7.86. The van der Waals surface area contributed by atoms with Gasteiger partial charge < -0.3 is 15.7 Å². The molecule has 16 nitrogen and oxygen atoms in total. The molecule has 0 fully saturated rings. The molecule has 5 aromatic carbocycles. The molecule has 18 heteroatoms. The van der Waals surface area contributed by atoms with Crippen molar-refractivity contribution in [2.45, 2.75) is 30.2 Å². The number of aryl methyl sites for hydroxylation is 2. The highest BCUT2D eigenvalue weighted by Crippen LogP contribution is 2.44. The molecule has 0 unspecified atom stereocenters. The van der Waals surface area contributed by atoms with Crippen LogP contribution in [0, 0.1) is 13.8 Å². The van der Waals surface area contributed by atoms with Crippen molar-refractivity contribution in [2.75, 3.05) is 10.6 Å². The first-order chi connectivity index (χ1) is 23.7. The van der Waals surface area contributed by atoms with Gasteiger partial charge in [0.05, 0.1) is 10.6 Å². The van der Waals surface area contributed by atoms with Crippen molar-refractivity contribution in [2.24, 2.45) is 10.2 Å². The molecule has 0 aliphatic rings. The predicted octanol–water partition coefficient (Wildman–Crippen LogP) is 6.89. The van der Waals surface area contributed by atoms with Gasteiger partial charge in [-0.15, -0.1) is 10.2 Å². The summed E-state index contributed by atoms with van der Waals surface area (Å²) < 4.78 is 69.3. The molecule has 0 aliphatic heterocycles. The van der Waals surface area contributed by atoms with Crippen LogP contribution in [0.3, 0.4) is 0 Å². The van der Waals surface area contributed by atoms with E-state index in [-0.39, 0.29) is 57.5 Å². The predicted molar refractivity (Wildman–Crippen MR) is 183 cm³/mol. The average molecular weight is 718 g/mol. The molecule has 1 aromatic heterocycles. The molecule has 0 atom stereocenters. The lowest BCUT2D eigenvalue weighted by Gasteiger charge is -2.15. The number of aromatic hydroxyl groups is 1. The maximum absolute atomic E-state index is 12.4. The number of nitrogens with one attached hydrogen (secondary N) is 2. The molecule has 0 saturated heterocycles. The van der Waals surface area contributed by atoms with Gasteiger partial charge in [0.15, 0.2) is 5.75 Å². The Hall–Kier alpha value is -5.63. The topological polar surface area (TPSA) is 246 Å². The second-order valence-electron chi connectivity index (χ2n) is 11.0. The van der Waals surface area contributed by atoms with Crippen LogP contribution in [0.5, 0.6) is 5.75 Å². The number of nitrogens with zero attached hydrogens (tertiary/aromatic N) is 5. The summed E-state index contributed by atoms with van der Waals surface area (Å²) in [7, 11) is -9.50. The molecule has 0 radical (unpaired) electrons. The summed E-state index contributed by atoms with van der Waals surface area (Å²) in [6.07, 6.45) is 0. The molecular weight excluding hydrogens is 691 g/mol. The molecule has 0 bridgehead atoms. The van der Waals surface area contributed by atoms with Crippen molar-refractivity contribution in [3.63, 3.8) is 0 Å². The minimum Gasteiger partial charge on any atom is -0.505 e. The molecule has 6 rings (SSSR count). The number of rotatable bonds is 10. The number of anilines is 4. The van der Waals surface area contributed by atoms with Gasteiger partial charge in [0.2, 0.25) is 11.9 Å². The highest BCUT2D eigenvalue weighted by Gasteiger charge is 2.22. The molecule has 0 saturated carbocycles. The van der Waals surface area contributed by atoms with Crippen LogP contribution in [0.25, 0.3) is 21.5 Å². The minimum atomic E-state index is -4.76. The number of hydrogen-bond acceptors (Lipinski definition) is 14. The SMILES string of the molecule is Cc1nc(Nc2ccccc2COO)nc(Nc2cc(S(=O)(=O)O)cc3cc(C)c(N=Nc4ccc5ccccc5c4S(=O)(=O)O)c(O)c23)n1. The van der Waals surface area contributed by atoms with Crippen molar-refractivity contribution in [3.05, 3.63) is 95.8 Å². The number of para-hydroxylation sites is 1. The van der Waals surface area contributed by atoms with Crippen molar-refractivity contribution in [1.82, 2.24) is 15.0 Å². The monoisotopic (exact) mass is 717 g/mol. The third kappa shape index (κ3) is 7.06. The minimum absolute atomic E-state index is 0.0310. The van der Waals surface area contributed by atoms with Crippen molar-refractivity contribution in [1.29, 1.82) is 0 Å². The van der Waals surface area contributed by atoms with Gasteiger partial charge in [-0.3, -0.25) is 14.4 Å². The van der Waals surface area contributed by atoms with Gasteiger partial charge in [-0.05, 0) is 60.5 Å². The first-order valence-electron chi connectivity index (χ1n) is 14.5. The normalized spacial score (nSPS) is 12.2. The second kappa shape index (κ2) is 13.3. The zero-order valence-electron chi connectivity index (χ0n) is 26.1. The molecule has 0 spiro atoms. The van der Waals surface area contributed by atoms with E-state index in [4.69, 9.17) is 5.26 Å². The maximum atomic E-state index is 12.4. The summed E-state index contributed by atoms with van der Waals surface area (Å²) in [5, 5.41) is 35.6. The lowest BCUT2D eigenvalue weighted by Crippen LogP contribution is -2.07. The summed E-state index contributed by atoms with van der Waals surface area (Å²) in [4.78, 5) is 16.2. The van der Waals surface area contributed by atoms with Crippen molar-refractivity contribution in [3.8, 4) is 5.75 Å². The molecule has 256 valence electrons. The first-order valence-corrected chi connectivity index (χ1v) is 17.4. The second-order valence-corrected chi connectivity index (χ2v) is 13.7. The van der Waals surface area contributed by atoms with Crippen LogP contribution in [0.15, 0.2) is 98.9 Å². The number of phenols is 1. The highest BCUT2D eigenvalue weighted by atomic mass is 32.2. The van der Waals surface area contributed by atoms with Gasteiger partial charge in [0.25, 0.3) is 20.2 Å². The third-order valence-corrected chi connectivity index (χ3v) is 9.28. The number of fused-ring (bicyclic) bond motifs is 2. The fraction of sp³-hybridized carbons (Fsp3) is 0.0938. The van der Waals surface area contributed by atoms with Gasteiger partial charge in [-0.2, -0.15) is 31.8 Å². The van der Waals surface area contributed by atoms with E-state index in [1.165, 1.54) is 18.2 Å². The number of phenolic OH excluding ortho intramolecular Hbond substituents is 1. The Bertz CT molecular complexity index is 2560. The first kappa shape index (κ1) is 34.2. The number of azo groups is 1. The summed E-state index contributed by atoms with van der Waals surface area (Å²) in [6, 6.07) is 20.0. The molecule has 6 N–H and O–H groups in total. The van der Waals surface area contributed by atoms with Gasteiger partial charge in [-0.1, -0.05) is 48.5 Å². The number of benzene rings is 5. The third-order valence-electron chi connectivity index (χ3n) is 7.50.